The fraction of sp³-hybridized carbons (Fsp3) is 0.125. The van der Waals surface area contributed by atoms with E-state index in [0.29, 0.717) is 6.61 Å². The Morgan fingerprint density at radius 3 is 3.18 bits per heavy atom. The lowest BCUT2D eigenvalue weighted by Gasteiger charge is -2.01. The third kappa shape index (κ3) is 1.97. The van der Waals surface area contributed by atoms with Crippen LogP contribution in [0.3, 0.4) is 0 Å². The number of aromatic hydroxyl groups is 1. The molecule has 0 atom stereocenters. The molecule has 1 heterocycles. The zero-order chi connectivity index (χ0) is 8.10. The van der Waals surface area contributed by atoms with Gasteiger partial charge in [-0.05, 0) is 12.1 Å². The van der Waals surface area contributed by atoms with Gasteiger partial charge in [-0.25, -0.2) is 4.98 Å². The van der Waals surface area contributed by atoms with E-state index in [4.69, 9.17) is 9.84 Å². The predicted octanol–water partition coefficient (Wildman–Crippen LogP) is 1.35. The summed E-state index contributed by atoms with van der Waals surface area (Å²) < 4.78 is 5.01. The van der Waals surface area contributed by atoms with Crippen molar-refractivity contribution in [3.63, 3.8) is 0 Å². The maximum absolute atomic E-state index is 9.12. The van der Waals surface area contributed by atoms with Crippen molar-refractivity contribution in [1.29, 1.82) is 0 Å². The molecule has 1 aromatic rings. The first kappa shape index (κ1) is 7.60. The third-order valence-corrected chi connectivity index (χ3v) is 1.09. The predicted molar refractivity (Wildman–Crippen MR) is 41.6 cm³/mol. The van der Waals surface area contributed by atoms with Gasteiger partial charge in [0.2, 0.25) is 0 Å². The number of hydrogen-bond acceptors (Lipinski definition) is 3. The van der Waals surface area contributed by atoms with E-state index < -0.39 is 0 Å². The van der Waals surface area contributed by atoms with Crippen molar-refractivity contribution >= 4 is 0 Å². The molecule has 0 bridgehead atoms. The molecular weight excluding hydrogens is 142 g/mol. The maximum atomic E-state index is 9.12. The van der Waals surface area contributed by atoms with E-state index in [2.05, 4.69) is 11.6 Å². The number of rotatable bonds is 3. The quantitative estimate of drug-likeness (QED) is 0.663. The highest BCUT2D eigenvalue weighted by Gasteiger charge is 1.98. The summed E-state index contributed by atoms with van der Waals surface area (Å²) in [6, 6.07) is 3.15. The molecule has 58 valence electrons. The van der Waals surface area contributed by atoms with Crippen LogP contribution in [-0.2, 0) is 0 Å². The Bertz CT molecular complexity index is 248. The molecule has 0 radical (unpaired) electrons. The summed E-state index contributed by atoms with van der Waals surface area (Å²) in [6.07, 6.45) is 3.15. The normalized spacial score (nSPS) is 9.09. The van der Waals surface area contributed by atoms with Gasteiger partial charge in [0.15, 0.2) is 5.75 Å². The Labute approximate surface area is 65.0 Å². The van der Waals surface area contributed by atoms with E-state index in [1.165, 1.54) is 6.07 Å². The SMILES string of the molecule is C=CCOc1ncccc1O. The second kappa shape index (κ2) is 3.61. The molecule has 1 rings (SSSR count). The summed E-state index contributed by atoms with van der Waals surface area (Å²) in [5.74, 6) is 0.293. The Kier molecular flexibility index (Phi) is 2.49. The van der Waals surface area contributed by atoms with Crippen LogP contribution in [0, 0.1) is 0 Å². The Morgan fingerprint density at radius 1 is 1.73 bits per heavy atom. The molecule has 0 saturated carbocycles. The van der Waals surface area contributed by atoms with Crippen molar-refractivity contribution in [2.24, 2.45) is 0 Å². The first-order chi connectivity index (χ1) is 5.34. The molecular formula is C8H9NO2. The van der Waals surface area contributed by atoms with Gasteiger partial charge < -0.3 is 9.84 Å². The molecule has 0 fully saturated rings. The zero-order valence-corrected chi connectivity index (χ0v) is 6.03. The molecule has 0 amide bonds. The molecule has 11 heavy (non-hydrogen) atoms. The highest BCUT2D eigenvalue weighted by atomic mass is 16.5. The number of hydrogen-bond donors (Lipinski definition) is 1. The van der Waals surface area contributed by atoms with Gasteiger partial charge in [0, 0.05) is 6.20 Å². The summed E-state index contributed by atoms with van der Waals surface area (Å²) in [7, 11) is 0. The van der Waals surface area contributed by atoms with E-state index in [0.717, 1.165) is 0 Å². The molecule has 1 N–H and O–H groups in total. The van der Waals surface area contributed by atoms with Crippen molar-refractivity contribution in [3.8, 4) is 11.6 Å². The lowest BCUT2D eigenvalue weighted by atomic mass is 10.4. The first-order valence-corrected chi connectivity index (χ1v) is 3.22. The van der Waals surface area contributed by atoms with Gasteiger partial charge >= 0.3 is 0 Å². The second-order valence-corrected chi connectivity index (χ2v) is 1.93. The zero-order valence-electron chi connectivity index (χ0n) is 6.03. The molecule has 0 aliphatic rings. The van der Waals surface area contributed by atoms with Crippen LogP contribution in [0.5, 0.6) is 11.6 Å². The van der Waals surface area contributed by atoms with E-state index in [-0.39, 0.29) is 11.6 Å². The molecule has 1 aromatic heterocycles. The molecule has 0 aromatic carbocycles. The van der Waals surface area contributed by atoms with Gasteiger partial charge in [0.25, 0.3) is 5.88 Å². The number of pyridine rings is 1. The van der Waals surface area contributed by atoms with Crippen LogP contribution in [0.2, 0.25) is 0 Å². The van der Waals surface area contributed by atoms with Crippen LogP contribution in [0.25, 0.3) is 0 Å². The average Bonchev–Trinajstić information content (AvgIpc) is 2.03. The standard InChI is InChI=1S/C8H9NO2/c1-2-6-11-8-7(10)4-3-5-9-8/h2-5,10H,1,6H2. The smallest absolute Gasteiger partial charge is 0.257 e. The monoisotopic (exact) mass is 151 g/mol. The van der Waals surface area contributed by atoms with Crippen LogP contribution in [-0.4, -0.2) is 16.7 Å². The van der Waals surface area contributed by atoms with Crippen molar-refractivity contribution in [2.45, 2.75) is 0 Å². The molecule has 0 unspecified atom stereocenters. The maximum Gasteiger partial charge on any atom is 0.257 e. The topological polar surface area (TPSA) is 42.4 Å². The van der Waals surface area contributed by atoms with E-state index >= 15 is 0 Å². The van der Waals surface area contributed by atoms with Crippen LogP contribution < -0.4 is 4.74 Å². The van der Waals surface area contributed by atoms with Crippen molar-refractivity contribution in [1.82, 2.24) is 4.98 Å². The number of ether oxygens (including phenoxy) is 1. The van der Waals surface area contributed by atoms with Gasteiger partial charge in [-0.2, -0.15) is 0 Å². The van der Waals surface area contributed by atoms with Gasteiger partial charge in [-0.15, -0.1) is 0 Å². The minimum atomic E-state index is 0.0503. The van der Waals surface area contributed by atoms with Crippen molar-refractivity contribution < 1.29 is 9.84 Å². The molecule has 0 aliphatic carbocycles. The highest BCUT2D eigenvalue weighted by Crippen LogP contribution is 2.20. The minimum Gasteiger partial charge on any atom is -0.503 e. The average molecular weight is 151 g/mol. The summed E-state index contributed by atoms with van der Waals surface area (Å²) in [5, 5.41) is 9.12. The number of aromatic nitrogens is 1. The largest absolute Gasteiger partial charge is 0.503 e. The number of nitrogens with zero attached hydrogens (tertiary/aromatic N) is 1. The first-order valence-electron chi connectivity index (χ1n) is 3.22. The van der Waals surface area contributed by atoms with Crippen LogP contribution >= 0.6 is 0 Å². The Morgan fingerprint density at radius 2 is 2.55 bits per heavy atom. The molecule has 0 aliphatic heterocycles. The van der Waals surface area contributed by atoms with Crippen LogP contribution in [0.4, 0.5) is 0 Å². The summed E-state index contributed by atoms with van der Waals surface area (Å²) in [6.45, 7) is 3.82. The van der Waals surface area contributed by atoms with Gasteiger partial charge in [0.05, 0.1) is 0 Å². The lowest BCUT2D eigenvalue weighted by molar-refractivity contribution is 0.322. The third-order valence-electron chi connectivity index (χ3n) is 1.09. The van der Waals surface area contributed by atoms with E-state index in [9.17, 15) is 0 Å². The van der Waals surface area contributed by atoms with Crippen molar-refractivity contribution in [3.05, 3.63) is 31.0 Å². The fourth-order valence-electron chi connectivity index (χ4n) is 0.631. The fourth-order valence-corrected chi connectivity index (χ4v) is 0.631. The van der Waals surface area contributed by atoms with Crippen LogP contribution in [0.1, 0.15) is 0 Å². The minimum absolute atomic E-state index is 0.0503. The van der Waals surface area contributed by atoms with E-state index in [1.807, 2.05) is 0 Å². The Hall–Kier alpha value is -1.51. The molecule has 0 saturated heterocycles. The Balaban J connectivity index is 2.69. The molecule has 3 heteroatoms. The van der Waals surface area contributed by atoms with E-state index in [1.54, 1.807) is 18.3 Å². The second-order valence-electron chi connectivity index (χ2n) is 1.93. The summed E-state index contributed by atoms with van der Waals surface area (Å²) in [4.78, 5) is 3.80. The summed E-state index contributed by atoms with van der Waals surface area (Å²) >= 11 is 0. The van der Waals surface area contributed by atoms with Gasteiger partial charge in [-0.3, -0.25) is 0 Å². The lowest BCUT2D eigenvalue weighted by Crippen LogP contribution is -1.94. The molecule has 3 nitrogen and oxygen atoms in total. The summed E-state index contributed by atoms with van der Waals surface area (Å²) in [5.41, 5.74) is 0. The highest BCUT2D eigenvalue weighted by molar-refractivity contribution is 5.30. The van der Waals surface area contributed by atoms with Gasteiger partial charge in [0.1, 0.15) is 6.61 Å². The molecule has 0 spiro atoms. The van der Waals surface area contributed by atoms with Crippen molar-refractivity contribution in [2.75, 3.05) is 6.61 Å². The van der Waals surface area contributed by atoms with Gasteiger partial charge in [-0.1, -0.05) is 12.7 Å². The van der Waals surface area contributed by atoms with Crippen LogP contribution in [0.15, 0.2) is 31.0 Å².